The smallest absolute Gasteiger partial charge is 0.262 e. The van der Waals surface area contributed by atoms with Gasteiger partial charge in [-0.05, 0) is 118 Å². The van der Waals surface area contributed by atoms with Crippen LogP contribution in [0, 0.1) is 20.8 Å². The second kappa shape index (κ2) is 18.9. The van der Waals surface area contributed by atoms with Gasteiger partial charge in [0.05, 0.1) is 34.6 Å². The zero-order valence-electron chi connectivity index (χ0n) is 36.8. The molecule has 2 N–H and O–H groups in total. The predicted molar refractivity (Wildman–Crippen MR) is 253 cm³/mol. The van der Waals surface area contributed by atoms with Crippen molar-refractivity contribution in [3.05, 3.63) is 151 Å². The molecular weight excluding hydrogens is 890 g/mol. The first-order valence-corrected chi connectivity index (χ1v) is 23.1. The molecule has 4 aromatic carbocycles. The van der Waals surface area contributed by atoms with E-state index in [0.29, 0.717) is 52.1 Å². The van der Waals surface area contributed by atoms with Gasteiger partial charge in [-0.1, -0.05) is 48.0 Å². The van der Waals surface area contributed by atoms with Crippen LogP contribution in [-0.2, 0) is 32.0 Å². The molecule has 0 saturated carbocycles. The van der Waals surface area contributed by atoms with E-state index in [1.165, 1.54) is 6.07 Å². The number of hydrogen-bond acceptors (Lipinski definition) is 12. The van der Waals surface area contributed by atoms with E-state index in [2.05, 4.69) is 44.9 Å². The summed E-state index contributed by atoms with van der Waals surface area (Å²) in [4.78, 5) is 84.5. The highest BCUT2D eigenvalue weighted by Crippen LogP contribution is 2.40. The van der Waals surface area contributed by atoms with Crippen molar-refractivity contribution in [2.75, 3.05) is 5.32 Å². The molecule has 15 nitrogen and oxygen atoms in total. The quantitative estimate of drug-likeness (QED) is 0.0612. The molecule has 338 valence electrons. The highest BCUT2D eigenvalue weighted by Gasteiger charge is 2.45. The Morgan fingerprint density at radius 3 is 2.28 bits per heavy atom. The third kappa shape index (κ3) is 9.27. The molecule has 2 atom stereocenters. The van der Waals surface area contributed by atoms with Crippen LogP contribution in [0.3, 0.4) is 0 Å². The Labute approximate surface area is 394 Å². The molecule has 2 aromatic heterocycles. The first-order chi connectivity index (χ1) is 32.3. The number of anilines is 1. The molecule has 0 bridgehead atoms. The maximum absolute atomic E-state index is 13.6. The molecule has 0 aliphatic carbocycles. The maximum atomic E-state index is 13.6. The molecular formula is C50H44ClN9O6S. The molecule has 9 rings (SSSR count). The summed E-state index contributed by atoms with van der Waals surface area (Å²) in [5.74, 6) is -1.30. The van der Waals surface area contributed by atoms with E-state index in [0.717, 1.165) is 55.6 Å². The minimum absolute atomic E-state index is 0.00633. The van der Waals surface area contributed by atoms with Crippen molar-refractivity contribution in [3.8, 4) is 5.00 Å². The second-order valence-corrected chi connectivity index (χ2v) is 18.4. The van der Waals surface area contributed by atoms with Gasteiger partial charge in [-0.2, -0.15) is 10.2 Å². The van der Waals surface area contributed by atoms with Crippen LogP contribution < -0.4 is 10.6 Å². The Hall–Kier alpha value is -7.30. The number of aryl methyl sites for hydroxylation is 3. The van der Waals surface area contributed by atoms with Crippen LogP contribution in [-0.4, -0.2) is 66.7 Å². The molecule has 1 fully saturated rings. The molecule has 1 saturated heterocycles. The lowest BCUT2D eigenvalue weighted by atomic mass is 9.96. The van der Waals surface area contributed by atoms with Crippen LogP contribution >= 0.6 is 22.9 Å². The van der Waals surface area contributed by atoms with Crippen molar-refractivity contribution in [1.29, 1.82) is 0 Å². The van der Waals surface area contributed by atoms with E-state index in [4.69, 9.17) is 16.6 Å². The van der Waals surface area contributed by atoms with Gasteiger partial charge in [0.2, 0.25) is 17.7 Å². The summed E-state index contributed by atoms with van der Waals surface area (Å²) in [5.41, 5.74) is 7.50. The number of rotatable bonds is 14. The number of thiophene rings is 1. The number of piperidine rings is 1. The standard InChI is InChI=1S/C50H44ClN9O6S/c1-27-28(2)67-50-43(27)45(31-13-15-33(51)16-14-31)53-39(46-58-55-29(3)59(46)50)26-42(63)52-34-19-21-36(22-20-34)57-56-35-17-11-30(12-18-35)7-4-5-9-37(61)25-32-8-6-10-38-44(32)49(66)60(48(38)65)40-23-24-41(62)54-47(40)64/h6,8,10-22,39-40H,4-5,7,9,23-26H2,1-3H3,(H,52,63)(H,54,62,64)/t39-,40?/m0/s1. The SMILES string of the molecule is Cc1sc2c(c1C)C(c1ccc(Cl)cc1)=N[C@@H](CC(=O)Nc1ccc(N=Nc3ccc(CCCCC(=O)Cc4cccc5c4C(=O)N(C4CCC(=O)NC4=O)C5=O)cc3)cc1)c1nnc(C)n1-2. The number of fused-ring (bicyclic) bond motifs is 4. The number of aliphatic imine (C=N–C) groups is 1. The van der Waals surface area contributed by atoms with Gasteiger partial charge in [0.15, 0.2) is 5.82 Å². The summed E-state index contributed by atoms with van der Waals surface area (Å²) in [6, 6.07) is 25.5. The number of unbranched alkanes of at least 4 members (excludes halogenated alkanes) is 1. The number of nitrogens with one attached hydrogen (secondary N) is 2. The average Bonchev–Trinajstić information content (AvgIpc) is 3.89. The number of aromatic nitrogens is 3. The molecule has 17 heteroatoms. The fraction of sp³-hybridized carbons (Fsp3) is 0.260. The van der Waals surface area contributed by atoms with E-state index in [-0.39, 0.29) is 48.5 Å². The topological polar surface area (TPSA) is 198 Å². The van der Waals surface area contributed by atoms with E-state index in [1.807, 2.05) is 60.0 Å². The number of hydrogen-bond donors (Lipinski definition) is 2. The fourth-order valence-electron chi connectivity index (χ4n) is 8.66. The van der Waals surface area contributed by atoms with Crippen LogP contribution in [0.15, 0.2) is 106 Å². The van der Waals surface area contributed by atoms with Gasteiger partial charge in [0.25, 0.3) is 11.8 Å². The number of ketones is 1. The molecule has 67 heavy (non-hydrogen) atoms. The van der Waals surface area contributed by atoms with Gasteiger partial charge < -0.3 is 5.32 Å². The van der Waals surface area contributed by atoms with Crippen molar-refractivity contribution in [2.24, 2.45) is 15.2 Å². The van der Waals surface area contributed by atoms with Crippen molar-refractivity contribution < 1.29 is 28.8 Å². The highest BCUT2D eigenvalue weighted by atomic mass is 35.5. The summed E-state index contributed by atoms with van der Waals surface area (Å²) >= 11 is 7.90. The summed E-state index contributed by atoms with van der Waals surface area (Å²) < 4.78 is 2.02. The summed E-state index contributed by atoms with van der Waals surface area (Å²) in [6.07, 6.45) is 2.58. The Balaban J connectivity index is 0.762. The highest BCUT2D eigenvalue weighted by molar-refractivity contribution is 7.15. The Morgan fingerprint density at radius 2 is 1.57 bits per heavy atom. The second-order valence-electron chi connectivity index (χ2n) is 16.8. The van der Waals surface area contributed by atoms with Crippen LogP contribution in [0.2, 0.25) is 5.02 Å². The largest absolute Gasteiger partial charge is 0.326 e. The lowest BCUT2D eigenvalue weighted by molar-refractivity contribution is -0.136. The number of imide groups is 2. The van der Waals surface area contributed by atoms with E-state index in [1.54, 1.807) is 47.7 Å². The summed E-state index contributed by atoms with van der Waals surface area (Å²) in [7, 11) is 0. The first-order valence-electron chi connectivity index (χ1n) is 21.9. The zero-order valence-corrected chi connectivity index (χ0v) is 38.4. The normalized spacial score (nSPS) is 16.7. The number of amides is 5. The molecule has 6 aromatic rings. The summed E-state index contributed by atoms with van der Waals surface area (Å²) in [5, 5.41) is 24.5. The number of carbonyl (C=O) groups is 6. The molecule has 3 aliphatic rings. The molecule has 1 unspecified atom stereocenters. The summed E-state index contributed by atoms with van der Waals surface area (Å²) in [6.45, 7) is 6.08. The van der Waals surface area contributed by atoms with Gasteiger partial charge in [0, 0.05) is 46.0 Å². The molecule has 0 radical (unpaired) electrons. The fourth-order valence-corrected chi connectivity index (χ4v) is 10.0. The average molecular weight is 934 g/mol. The Morgan fingerprint density at radius 1 is 0.851 bits per heavy atom. The van der Waals surface area contributed by atoms with Gasteiger partial charge in [-0.3, -0.25) is 48.5 Å². The zero-order chi connectivity index (χ0) is 46.9. The van der Waals surface area contributed by atoms with E-state index < -0.39 is 35.7 Å². The Bertz CT molecular complexity index is 3050. The number of nitrogens with zero attached hydrogens (tertiary/aromatic N) is 7. The third-order valence-electron chi connectivity index (χ3n) is 12.2. The minimum Gasteiger partial charge on any atom is -0.326 e. The van der Waals surface area contributed by atoms with Crippen molar-refractivity contribution >= 4 is 81.0 Å². The first kappa shape index (κ1) is 44.9. The third-order valence-corrected chi connectivity index (χ3v) is 13.7. The van der Waals surface area contributed by atoms with Gasteiger partial charge in [0.1, 0.15) is 28.7 Å². The monoisotopic (exact) mass is 933 g/mol. The van der Waals surface area contributed by atoms with Crippen LogP contribution in [0.1, 0.15) is 110 Å². The molecule has 0 spiro atoms. The van der Waals surface area contributed by atoms with Crippen molar-refractivity contribution in [2.45, 2.75) is 84.2 Å². The van der Waals surface area contributed by atoms with E-state index >= 15 is 0 Å². The van der Waals surface area contributed by atoms with Crippen molar-refractivity contribution in [3.63, 3.8) is 0 Å². The van der Waals surface area contributed by atoms with Crippen LogP contribution in [0.25, 0.3) is 5.00 Å². The molecule has 5 amide bonds. The molecule has 3 aliphatic heterocycles. The Kier molecular flexibility index (Phi) is 12.7. The predicted octanol–water partition coefficient (Wildman–Crippen LogP) is 9.17. The number of carbonyl (C=O) groups excluding carboxylic acids is 6. The number of Topliss-reactive ketones (excluding diaryl/α,β-unsaturated/α-hetero) is 1. The van der Waals surface area contributed by atoms with Crippen molar-refractivity contribution in [1.82, 2.24) is 25.0 Å². The lowest BCUT2D eigenvalue weighted by Gasteiger charge is -2.27. The van der Waals surface area contributed by atoms with Gasteiger partial charge >= 0.3 is 0 Å². The number of benzene rings is 4. The maximum Gasteiger partial charge on any atom is 0.262 e. The van der Waals surface area contributed by atoms with Crippen LogP contribution in [0.4, 0.5) is 17.1 Å². The molecule has 5 heterocycles. The number of halogens is 1. The number of azo groups is 1. The van der Waals surface area contributed by atoms with E-state index in [9.17, 15) is 28.8 Å². The minimum atomic E-state index is -1.07. The van der Waals surface area contributed by atoms with Crippen LogP contribution in [0.5, 0.6) is 0 Å². The lowest BCUT2D eigenvalue weighted by Crippen LogP contribution is -2.54. The van der Waals surface area contributed by atoms with Gasteiger partial charge in [-0.25, -0.2) is 0 Å². The van der Waals surface area contributed by atoms with Gasteiger partial charge in [-0.15, -0.1) is 21.5 Å².